The van der Waals surface area contributed by atoms with Gasteiger partial charge in [0.15, 0.2) is 16.8 Å². The molecule has 4 rings (SSSR count). The van der Waals surface area contributed by atoms with Gasteiger partial charge in [0.2, 0.25) is 0 Å². The quantitative estimate of drug-likeness (QED) is 0.413. The van der Waals surface area contributed by atoms with Gasteiger partial charge < -0.3 is 0 Å². The van der Waals surface area contributed by atoms with Gasteiger partial charge in [-0.25, -0.2) is 13.8 Å². The van der Waals surface area contributed by atoms with Gasteiger partial charge in [-0.15, -0.1) is 0 Å². The molecule has 8 heteroatoms. The minimum atomic E-state index is -1.08. The molecule has 146 valence electrons. The maximum Gasteiger partial charge on any atom is 0.260 e. The number of thiazole rings is 1. The molecule has 2 aromatic heterocycles. The monoisotopic (exact) mass is 429 g/mol. The van der Waals surface area contributed by atoms with E-state index in [1.54, 1.807) is 24.5 Å². The Morgan fingerprint density at radius 2 is 2.00 bits per heavy atom. The molecule has 0 spiro atoms. The number of aromatic nitrogens is 2. The zero-order chi connectivity index (χ0) is 20.5. The van der Waals surface area contributed by atoms with Crippen LogP contribution in [0.15, 0.2) is 54.9 Å². The Morgan fingerprint density at radius 1 is 1.17 bits per heavy atom. The molecule has 1 amide bonds. The van der Waals surface area contributed by atoms with E-state index >= 15 is 0 Å². The number of aryl methyl sites for hydroxylation is 1. The Labute approximate surface area is 174 Å². The lowest BCUT2D eigenvalue weighted by molar-refractivity contribution is 0.0984. The summed E-state index contributed by atoms with van der Waals surface area (Å²) in [5.74, 6) is -2.59. The lowest BCUT2D eigenvalue weighted by Gasteiger charge is -2.20. The van der Waals surface area contributed by atoms with Crippen LogP contribution in [0.3, 0.4) is 0 Å². The molecule has 0 unspecified atom stereocenters. The highest BCUT2D eigenvalue weighted by Gasteiger charge is 2.24. The normalized spacial score (nSPS) is 11.0. The number of hydrogen-bond acceptors (Lipinski definition) is 4. The second-order valence-corrected chi connectivity index (χ2v) is 7.80. The van der Waals surface area contributed by atoms with E-state index in [1.807, 2.05) is 19.1 Å². The van der Waals surface area contributed by atoms with E-state index in [-0.39, 0.29) is 12.1 Å². The van der Waals surface area contributed by atoms with Gasteiger partial charge in [-0.05, 0) is 48.4 Å². The summed E-state index contributed by atoms with van der Waals surface area (Å²) >= 11 is 7.58. The van der Waals surface area contributed by atoms with Crippen molar-refractivity contribution in [1.29, 1.82) is 0 Å². The van der Waals surface area contributed by atoms with Crippen molar-refractivity contribution >= 4 is 44.2 Å². The molecule has 29 heavy (non-hydrogen) atoms. The Kier molecular flexibility index (Phi) is 5.25. The number of benzene rings is 2. The third-order valence-electron chi connectivity index (χ3n) is 4.39. The van der Waals surface area contributed by atoms with Crippen LogP contribution in [0.2, 0.25) is 5.02 Å². The summed E-state index contributed by atoms with van der Waals surface area (Å²) < 4.78 is 27.8. The fourth-order valence-corrected chi connectivity index (χ4v) is 4.21. The van der Waals surface area contributed by atoms with Crippen LogP contribution in [0.1, 0.15) is 21.5 Å². The molecular formula is C21H14ClF2N3OS. The number of amides is 1. The summed E-state index contributed by atoms with van der Waals surface area (Å²) in [6.45, 7) is 2.08. The van der Waals surface area contributed by atoms with Gasteiger partial charge in [-0.2, -0.15) is 0 Å². The highest BCUT2D eigenvalue weighted by Crippen LogP contribution is 2.36. The topological polar surface area (TPSA) is 46.1 Å². The summed E-state index contributed by atoms with van der Waals surface area (Å²) in [7, 11) is 0. The van der Waals surface area contributed by atoms with Crippen LogP contribution in [0, 0.1) is 18.6 Å². The van der Waals surface area contributed by atoms with Crippen molar-refractivity contribution in [3.63, 3.8) is 0 Å². The predicted octanol–water partition coefficient (Wildman–Crippen LogP) is 5.78. The summed E-state index contributed by atoms with van der Waals surface area (Å²) in [5.41, 5.74) is 2.42. The lowest BCUT2D eigenvalue weighted by atomic mass is 10.1. The molecule has 0 saturated heterocycles. The van der Waals surface area contributed by atoms with Crippen molar-refractivity contribution in [2.45, 2.75) is 13.5 Å². The zero-order valence-corrected chi connectivity index (χ0v) is 16.8. The largest absolute Gasteiger partial charge is 0.279 e. The molecule has 0 saturated carbocycles. The molecule has 0 bridgehead atoms. The number of carbonyl (C=O) groups excluding carboxylic acids is 1. The number of fused-ring (bicyclic) bond motifs is 1. The summed E-state index contributed by atoms with van der Waals surface area (Å²) in [4.78, 5) is 23.3. The lowest BCUT2D eigenvalue weighted by Crippen LogP contribution is -2.30. The molecule has 2 heterocycles. The van der Waals surface area contributed by atoms with Crippen molar-refractivity contribution < 1.29 is 13.6 Å². The van der Waals surface area contributed by atoms with Gasteiger partial charge in [0.25, 0.3) is 5.91 Å². The second-order valence-electron chi connectivity index (χ2n) is 6.42. The fraction of sp³-hybridized carbons (Fsp3) is 0.0952. The highest BCUT2D eigenvalue weighted by molar-refractivity contribution is 7.23. The van der Waals surface area contributed by atoms with Gasteiger partial charge in [0, 0.05) is 18.0 Å². The average molecular weight is 430 g/mol. The molecule has 4 aromatic rings. The Bertz CT molecular complexity index is 1170. The molecule has 0 aliphatic rings. The van der Waals surface area contributed by atoms with E-state index < -0.39 is 17.5 Å². The van der Waals surface area contributed by atoms with E-state index in [4.69, 9.17) is 11.6 Å². The van der Waals surface area contributed by atoms with Crippen molar-refractivity contribution in [3.8, 4) is 0 Å². The maximum atomic E-state index is 13.7. The number of carbonyl (C=O) groups is 1. The molecule has 2 aromatic carbocycles. The SMILES string of the molecule is Cc1ccc(Cl)c2sc(N(Cc3cccnc3)C(=O)c3ccc(F)c(F)c3)nc12. The third kappa shape index (κ3) is 3.83. The minimum Gasteiger partial charge on any atom is -0.279 e. The zero-order valence-electron chi connectivity index (χ0n) is 15.2. The smallest absolute Gasteiger partial charge is 0.260 e. The Balaban J connectivity index is 1.82. The second kappa shape index (κ2) is 7.85. The van der Waals surface area contributed by atoms with E-state index in [1.165, 1.54) is 22.3 Å². The Hall–Kier alpha value is -2.90. The first kappa shape index (κ1) is 19.4. The van der Waals surface area contributed by atoms with Gasteiger partial charge >= 0.3 is 0 Å². The van der Waals surface area contributed by atoms with Crippen LogP contribution in [0.5, 0.6) is 0 Å². The molecule has 0 radical (unpaired) electrons. The van der Waals surface area contributed by atoms with Crippen LogP contribution in [-0.2, 0) is 6.54 Å². The number of hydrogen-bond donors (Lipinski definition) is 0. The fourth-order valence-electron chi connectivity index (χ4n) is 2.89. The third-order valence-corrected chi connectivity index (χ3v) is 5.93. The van der Waals surface area contributed by atoms with Crippen LogP contribution < -0.4 is 4.90 Å². The summed E-state index contributed by atoms with van der Waals surface area (Å²) in [6.07, 6.45) is 3.27. The minimum absolute atomic E-state index is 0.0230. The molecule has 0 aliphatic carbocycles. The van der Waals surface area contributed by atoms with Gasteiger partial charge in [-0.3, -0.25) is 14.7 Å². The number of halogens is 3. The standard InChI is InChI=1S/C21H14ClF2N3OS/c1-12-4-6-15(22)19-18(12)26-21(29-19)27(11-13-3-2-8-25-10-13)20(28)14-5-7-16(23)17(24)9-14/h2-10H,11H2,1H3. The van der Waals surface area contributed by atoms with Crippen molar-refractivity contribution in [1.82, 2.24) is 9.97 Å². The molecule has 0 atom stereocenters. The Morgan fingerprint density at radius 3 is 2.69 bits per heavy atom. The first-order valence-electron chi connectivity index (χ1n) is 8.65. The van der Waals surface area contributed by atoms with Crippen LogP contribution in [0.4, 0.5) is 13.9 Å². The van der Waals surface area contributed by atoms with Crippen LogP contribution in [-0.4, -0.2) is 15.9 Å². The first-order valence-corrected chi connectivity index (χ1v) is 9.85. The van der Waals surface area contributed by atoms with E-state index in [0.29, 0.717) is 15.7 Å². The summed E-state index contributed by atoms with van der Waals surface area (Å²) in [6, 6.07) is 10.3. The first-order chi connectivity index (χ1) is 13.9. The summed E-state index contributed by atoms with van der Waals surface area (Å²) in [5, 5.41) is 0.950. The number of rotatable bonds is 4. The maximum absolute atomic E-state index is 13.7. The predicted molar refractivity (Wildman–Crippen MR) is 110 cm³/mol. The van der Waals surface area contributed by atoms with E-state index in [9.17, 15) is 13.6 Å². The van der Waals surface area contributed by atoms with E-state index in [2.05, 4.69) is 9.97 Å². The van der Waals surface area contributed by atoms with Crippen LogP contribution in [0.25, 0.3) is 10.2 Å². The number of nitrogens with zero attached hydrogens (tertiary/aromatic N) is 3. The molecular weight excluding hydrogens is 416 g/mol. The van der Waals surface area contributed by atoms with Crippen molar-refractivity contribution in [2.75, 3.05) is 4.90 Å². The highest BCUT2D eigenvalue weighted by atomic mass is 35.5. The van der Waals surface area contributed by atoms with Gasteiger partial charge in [0.05, 0.1) is 21.8 Å². The van der Waals surface area contributed by atoms with Crippen molar-refractivity contribution in [3.05, 3.63) is 88.2 Å². The van der Waals surface area contributed by atoms with Crippen LogP contribution >= 0.6 is 22.9 Å². The average Bonchev–Trinajstić information content (AvgIpc) is 3.18. The number of pyridine rings is 1. The number of anilines is 1. The van der Waals surface area contributed by atoms with Crippen molar-refractivity contribution in [2.24, 2.45) is 0 Å². The van der Waals surface area contributed by atoms with Gasteiger partial charge in [0.1, 0.15) is 0 Å². The van der Waals surface area contributed by atoms with Gasteiger partial charge in [-0.1, -0.05) is 35.1 Å². The molecule has 0 N–H and O–H groups in total. The van der Waals surface area contributed by atoms with E-state index in [0.717, 1.165) is 28.0 Å². The molecule has 0 aliphatic heterocycles. The molecule has 0 fully saturated rings. The molecule has 4 nitrogen and oxygen atoms in total.